The molecule has 6 N–H and O–H groups in total. The van der Waals surface area contributed by atoms with Gasteiger partial charge in [-0.1, -0.05) is 6.07 Å². The van der Waals surface area contributed by atoms with Gasteiger partial charge in [0, 0.05) is 5.69 Å². The molecule has 62 heavy (non-hydrogen) atoms. The molecule has 0 aliphatic heterocycles. The first kappa shape index (κ1) is 46.7. The zero-order chi connectivity index (χ0) is 45.6. The quantitative estimate of drug-likeness (QED) is 0.0424. The largest absolute Gasteiger partial charge is 0.351 e. The molecule has 0 unspecified atom stereocenters. The van der Waals surface area contributed by atoms with Gasteiger partial charge in [-0.2, -0.15) is 48.9 Å². The van der Waals surface area contributed by atoms with Gasteiger partial charge in [0.2, 0.25) is 11.9 Å². The van der Waals surface area contributed by atoms with E-state index in [2.05, 4.69) is 63.9 Å². The summed E-state index contributed by atoms with van der Waals surface area (Å²) in [6, 6.07) is 13.1. The molecule has 0 radical (unpaired) electrons. The summed E-state index contributed by atoms with van der Waals surface area (Å²) < 4.78 is 121. The number of amides is 2. The molecule has 0 bridgehead atoms. The van der Waals surface area contributed by atoms with Gasteiger partial charge in [0.1, 0.15) is 33.2 Å². The summed E-state index contributed by atoms with van der Waals surface area (Å²) >= 11 is 0. The number of nitrogens with one attached hydrogen (secondary N) is 3. The fourth-order valence-electron chi connectivity index (χ4n) is 5.23. The number of aromatic nitrogens is 3. The number of azo groups is 2. The van der Waals surface area contributed by atoms with Gasteiger partial charge in [-0.15, -0.1) is 10.2 Å². The van der Waals surface area contributed by atoms with Crippen molar-refractivity contribution >= 4 is 98.2 Å². The van der Waals surface area contributed by atoms with Crippen molar-refractivity contribution in [1.82, 2.24) is 15.0 Å². The van der Waals surface area contributed by atoms with Crippen molar-refractivity contribution < 1.29 is 55.6 Å². The van der Waals surface area contributed by atoms with Crippen LogP contribution in [0.3, 0.4) is 0 Å². The molecule has 0 aliphatic rings. The number of benzene rings is 4. The summed E-state index contributed by atoms with van der Waals surface area (Å²) in [4.78, 5) is 23.0. The maximum Gasteiger partial charge on any atom is 0.316 e. The molecule has 1 heterocycles. The molecule has 4 aromatic carbocycles. The third kappa shape index (κ3) is 11.7. The lowest BCUT2D eigenvalue weighted by atomic mass is 10.1. The predicted octanol–water partition coefficient (Wildman–Crippen LogP) is 5.69. The Kier molecular flexibility index (Phi) is 14.1. The zero-order valence-electron chi connectivity index (χ0n) is 32.8. The Hall–Kier alpha value is -6.40. The van der Waals surface area contributed by atoms with Gasteiger partial charge >= 0.3 is 6.03 Å². The van der Waals surface area contributed by atoms with Crippen LogP contribution in [-0.4, -0.2) is 80.5 Å². The van der Waals surface area contributed by atoms with Crippen LogP contribution in [0.1, 0.15) is 16.7 Å². The molecular weight excluding hydrogens is 899 g/mol. The number of carbonyl (C=O) groups is 1. The predicted molar refractivity (Wildman–Crippen MR) is 221 cm³/mol. The number of rotatable bonds is 17. The zero-order valence-corrected chi connectivity index (χ0v) is 36.1. The van der Waals surface area contributed by atoms with Crippen LogP contribution in [-0.2, 0) is 58.8 Å². The molecule has 0 saturated carbocycles. The van der Waals surface area contributed by atoms with Crippen molar-refractivity contribution in [2.24, 2.45) is 26.2 Å². The maximum absolute atomic E-state index is 12.6. The van der Waals surface area contributed by atoms with Crippen LogP contribution >= 0.6 is 0 Å². The summed E-state index contributed by atoms with van der Waals surface area (Å²) in [5.74, 6) is -1.07. The highest BCUT2D eigenvalue weighted by molar-refractivity contribution is 7.87. The first-order chi connectivity index (χ1) is 29.0. The standard InChI is InChI=1S/C34H35N11O13S4/c1-19-13-26(44-45-29-16-23(60(50,51)56-3)8-11-31(29)62(54,55)58-5)20(2)12-25(19)43-42-24-9-7-22(15-27(24)39-32(35)46)38-33-36-18-37-34(41-33)40-28-14-21(17-59(47,48)49)6-10-30(28)61(52,53)57-4/h6-16,18H,17H2,1-5H3,(H3,35,39,46)(H,47,48,49)(H2,36,37,38,40,41). The molecule has 0 aliphatic carbocycles. The minimum atomic E-state index is -4.47. The van der Waals surface area contributed by atoms with E-state index < -0.39 is 57.2 Å². The summed E-state index contributed by atoms with van der Waals surface area (Å²) in [5.41, 5.74) is 7.19. The van der Waals surface area contributed by atoms with Gasteiger partial charge in [-0.3, -0.25) is 17.1 Å². The highest BCUT2D eigenvalue weighted by atomic mass is 32.2. The van der Waals surface area contributed by atoms with Crippen molar-refractivity contribution in [3.8, 4) is 0 Å². The van der Waals surface area contributed by atoms with Crippen molar-refractivity contribution in [2.45, 2.75) is 34.3 Å². The smallest absolute Gasteiger partial charge is 0.316 e. The van der Waals surface area contributed by atoms with E-state index in [1.54, 1.807) is 26.0 Å². The van der Waals surface area contributed by atoms with Crippen LogP contribution in [0.2, 0.25) is 0 Å². The highest BCUT2D eigenvalue weighted by Crippen LogP contribution is 2.36. The first-order valence-corrected chi connectivity index (χ1v) is 22.9. The molecule has 328 valence electrons. The molecule has 0 atom stereocenters. The SMILES string of the molecule is COS(=O)(=O)c1ccc(S(=O)(=O)OC)c(N=Nc2cc(C)c(N=Nc3ccc(Nc4ncnc(Nc5cc(CS(=O)(=O)O)ccc5S(=O)(=O)OC)n4)cc3NC(N)=O)cc2C)c1. The summed E-state index contributed by atoms with van der Waals surface area (Å²) in [5, 5.41) is 24.8. The molecule has 24 nitrogen and oxygen atoms in total. The number of carbonyl (C=O) groups excluding carboxylic acids is 1. The molecule has 0 saturated heterocycles. The van der Waals surface area contributed by atoms with Gasteiger partial charge in [0.25, 0.3) is 40.5 Å². The number of aryl methyl sites for hydroxylation is 2. The third-order valence-corrected chi connectivity index (χ3v) is 12.8. The van der Waals surface area contributed by atoms with Crippen LogP contribution in [0.4, 0.5) is 56.5 Å². The average Bonchev–Trinajstić information content (AvgIpc) is 3.20. The minimum absolute atomic E-state index is 0.0370. The van der Waals surface area contributed by atoms with Gasteiger partial charge in [-0.05, 0) is 91.2 Å². The lowest BCUT2D eigenvalue weighted by Crippen LogP contribution is -2.19. The van der Waals surface area contributed by atoms with Gasteiger partial charge in [-0.25, -0.2) is 14.8 Å². The number of nitrogens with zero attached hydrogens (tertiary/aromatic N) is 7. The van der Waals surface area contributed by atoms with E-state index in [1.165, 1.54) is 24.3 Å². The Morgan fingerprint density at radius 1 is 0.645 bits per heavy atom. The van der Waals surface area contributed by atoms with E-state index in [-0.39, 0.29) is 55.7 Å². The van der Waals surface area contributed by atoms with Crippen molar-refractivity contribution in [2.75, 3.05) is 37.3 Å². The number of hydrogen-bond donors (Lipinski definition) is 5. The molecule has 1 aromatic heterocycles. The van der Waals surface area contributed by atoms with Gasteiger partial charge in [0.15, 0.2) is 0 Å². The van der Waals surface area contributed by atoms with Crippen molar-refractivity contribution in [3.05, 3.63) is 89.7 Å². The third-order valence-electron chi connectivity index (χ3n) is 8.18. The summed E-state index contributed by atoms with van der Waals surface area (Å²) in [6.45, 7) is 3.34. The first-order valence-electron chi connectivity index (χ1n) is 17.1. The van der Waals surface area contributed by atoms with E-state index in [9.17, 15) is 43.0 Å². The van der Waals surface area contributed by atoms with Crippen LogP contribution in [0, 0.1) is 13.8 Å². The molecule has 0 fully saturated rings. The second-order valence-electron chi connectivity index (χ2n) is 12.5. The summed E-state index contributed by atoms with van der Waals surface area (Å²) in [6.07, 6.45) is 1.09. The Bertz CT molecular complexity index is 3080. The Morgan fingerprint density at radius 3 is 1.77 bits per heavy atom. The van der Waals surface area contributed by atoms with Crippen molar-refractivity contribution in [3.63, 3.8) is 0 Å². The normalized spacial score (nSPS) is 12.5. The van der Waals surface area contributed by atoms with Crippen LogP contribution in [0.25, 0.3) is 0 Å². The molecule has 28 heteroatoms. The lowest BCUT2D eigenvalue weighted by Gasteiger charge is -2.13. The van der Waals surface area contributed by atoms with Crippen LogP contribution < -0.4 is 21.7 Å². The van der Waals surface area contributed by atoms with Crippen LogP contribution in [0.5, 0.6) is 0 Å². The molecule has 5 aromatic rings. The topological polar surface area (TPSA) is 352 Å². The minimum Gasteiger partial charge on any atom is -0.351 e. The number of nitrogens with two attached hydrogens (primary N) is 1. The fourth-order valence-corrected chi connectivity index (χ4v) is 8.08. The van der Waals surface area contributed by atoms with E-state index in [0.717, 1.165) is 58.0 Å². The number of anilines is 5. The van der Waals surface area contributed by atoms with E-state index >= 15 is 0 Å². The van der Waals surface area contributed by atoms with E-state index in [4.69, 9.17) is 5.73 Å². The Balaban J connectivity index is 1.40. The maximum atomic E-state index is 12.6. The fraction of sp³-hybridized carbons (Fsp3) is 0.176. The van der Waals surface area contributed by atoms with Crippen LogP contribution in [0.15, 0.2) is 108 Å². The molecule has 0 spiro atoms. The monoisotopic (exact) mass is 933 g/mol. The second kappa shape index (κ2) is 18.7. The molecule has 2 amide bonds. The van der Waals surface area contributed by atoms with Crippen molar-refractivity contribution in [1.29, 1.82) is 0 Å². The Morgan fingerprint density at radius 2 is 1.19 bits per heavy atom. The van der Waals surface area contributed by atoms with Gasteiger partial charge < -0.3 is 21.7 Å². The number of urea groups is 1. The van der Waals surface area contributed by atoms with E-state index in [1.807, 2.05) is 0 Å². The molecule has 5 rings (SSSR count). The summed E-state index contributed by atoms with van der Waals surface area (Å²) in [7, 11) is -14.5. The Labute approximate surface area is 354 Å². The number of hydrogen-bond acceptors (Lipinski definition) is 21. The molecular formula is C34H35N11O13S4. The highest BCUT2D eigenvalue weighted by Gasteiger charge is 2.24. The van der Waals surface area contributed by atoms with Gasteiger partial charge in [0.05, 0.1) is 49.0 Å². The second-order valence-corrected chi connectivity index (χ2v) is 19.0. The number of primary amides is 1. The lowest BCUT2D eigenvalue weighted by molar-refractivity contribution is 0.259. The van der Waals surface area contributed by atoms with E-state index in [0.29, 0.717) is 22.5 Å². The average molecular weight is 934 g/mol.